The fourth-order valence-corrected chi connectivity index (χ4v) is 1.84. The molecule has 0 atom stereocenters. The van der Waals surface area contributed by atoms with Gasteiger partial charge in [-0.2, -0.15) is 0 Å². The van der Waals surface area contributed by atoms with Gasteiger partial charge in [0.05, 0.1) is 23.5 Å². The van der Waals surface area contributed by atoms with Crippen molar-refractivity contribution in [3.63, 3.8) is 0 Å². The van der Waals surface area contributed by atoms with Gasteiger partial charge in [-0.25, -0.2) is 9.98 Å². The van der Waals surface area contributed by atoms with Crippen molar-refractivity contribution >= 4 is 34.1 Å². The second-order valence-corrected chi connectivity index (χ2v) is 4.43. The predicted molar refractivity (Wildman–Crippen MR) is 78.9 cm³/mol. The number of ether oxygens (including phenoxy) is 1. The molecule has 0 aliphatic heterocycles. The van der Waals surface area contributed by atoms with Crippen molar-refractivity contribution in [2.75, 3.05) is 6.61 Å². The summed E-state index contributed by atoms with van der Waals surface area (Å²) in [4.78, 5) is 8.44. The first kappa shape index (κ1) is 13.8. The lowest BCUT2D eigenvalue weighted by Crippen LogP contribution is -1.97. The maximum Gasteiger partial charge on any atom is 0.155 e. The molecule has 3 nitrogen and oxygen atoms in total. The number of para-hydroxylation sites is 1. The van der Waals surface area contributed by atoms with Crippen LogP contribution in [0, 0.1) is 0 Å². The number of nitrogens with zero attached hydrogens (tertiary/aromatic N) is 2. The summed E-state index contributed by atoms with van der Waals surface area (Å²) in [6.07, 6.45) is 1.61. The van der Waals surface area contributed by atoms with Gasteiger partial charge < -0.3 is 4.74 Å². The largest absolute Gasteiger partial charge is 0.492 e. The molecule has 1 aromatic carbocycles. The smallest absolute Gasteiger partial charge is 0.155 e. The van der Waals surface area contributed by atoms with E-state index in [4.69, 9.17) is 27.9 Å². The first-order valence-electron chi connectivity index (χ1n) is 5.78. The highest BCUT2D eigenvalue weighted by molar-refractivity contribution is 6.69. The third-order valence-electron chi connectivity index (χ3n) is 2.33. The van der Waals surface area contributed by atoms with Crippen LogP contribution in [0.5, 0.6) is 5.75 Å². The van der Waals surface area contributed by atoms with Gasteiger partial charge in [-0.05, 0) is 31.2 Å². The Morgan fingerprint density at radius 1 is 1.26 bits per heavy atom. The van der Waals surface area contributed by atoms with Crippen molar-refractivity contribution in [2.45, 2.75) is 6.92 Å². The molecule has 0 saturated carbocycles. The molecule has 0 N–H and O–H groups in total. The van der Waals surface area contributed by atoms with E-state index >= 15 is 0 Å². The van der Waals surface area contributed by atoms with Gasteiger partial charge in [-0.15, -0.1) is 0 Å². The lowest BCUT2D eigenvalue weighted by molar-refractivity contribution is 0.339. The Labute approximate surface area is 121 Å². The second-order valence-electron chi connectivity index (χ2n) is 3.67. The number of aromatic nitrogens is 1. The Kier molecular flexibility index (Phi) is 4.77. The molecule has 0 aliphatic carbocycles. The van der Waals surface area contributed by atoms with E-state index in [0.29, 0.717) is 28.8 Å². The number of pyridine rings is 1. The molecule has 0 aliphatic rings. The van der Waals surface area contributed by atoms with Gasteiger partial charge in [0, 0.05) is 0 Å². The normalized spacial score (nSPS) is 11.4. The molecule has 0 amide bonds. The van der Waals surface area contributed by atoms with Crippen LogP contribution in [-0.4, -0.2) is 16.8 Å². The Hall–Kier alpha value is -1.58. The van der Waals surface area contributed by atoms with Crippen LogP contribution in [0.2, 0.25) is 5.02 Å². The van der Waals surface area contributed by atoms with E-state index in [9.17, 15) is 0 Å². The van der Waals surface area contributed by atoms with E-state index in [1.54, 1.807) is 30.5 Å². The first-order chi connectivity index (χ1) is 9.20. The van der Waals surface area contributed by atoms with Gasteiger partial charge in [-0.1, -0.05) is 35.3 Å². The van der Waals surface area contributed by atoms with E-state index in [-0.39, 0.29) is 5.17 Å². The summed E-state index contributed by atoms with van der Waals surface area (Å²) < 4.78 is 5.31. The van der Waals surface area contributed by atoms with Gasteiger partial charge in [-0.3, -0.25) is 0 Å². The van der Waals surface area contributed by atoms with E-state index in [2.05, 4.69) is 9.98 Å². The van der Waals surface area contributed by atoms with Crippen molar-refractivity contribution in [3.8, 4) is 5.75 Å². The Morgan fingerprint density at radius 3 is 2.68 bits per heavy atom. The quantitative estimate of drug-likeness (QED) is 0.781. The zero-order chi connectivity index (χ0) is 13.7. The molecule has 0 bridgehead atoms. The molecular formula is C14H12Cl2N2O. The van der Waals surface area contributed by atoms with Crippen LogP contribution in [0.3, 0.4) is 0 Å². The molecule has 19 heavy (non-hydrogen) atoms. The van der Waals surface area contributed by atoms with Crippen molar-refractivity contribution < 1.29 is 4.74 Å². The average molecular weight is 295 g/mol. The molecule has 0 radical (unpaired) electrons. The summed E-state index contributed by atoms with van der Waals surface area (Å²) in [5.74, 6) is 0.702. The number of hydrogen-bond donors (Lipinski definition) is 0. The molecule has 0 saturated heterocycles. The van der Waals surface area contributed by atoms with Gasteiger partial charge in [0.2, 0.25) is 0 Å². The van der Waals surface area contributed by atoms with Crippen molar-refractivity contribution in [2.24, 2.45) is 4.99 Å². The summed E-state index contributed by atoms with van der Waals surface area (Å²) in [7, 11) is 0. The minimum absolute atomic E-state index is 0.288. The number of benzene rings is 1. The molecule has 5 heteroatoms. The predicted octanol–water partition coefficient (Wildman–Crippen LogP) is 4.45. The van der Waals surface area contributed by atoms with Crippen LogP contribution >= 0.6 is 23.2 Å². The third kappa shape index (κ3) is 3.69. The molecule has 0 unspecified atom stereocenters. The molecule has 0 fully saturated rings. The van der Waals surface area contributed by atoms with E-state index in [0.717, 1.165) is 0 Å². The zero-order valence-corrected chi connectivity index (χ0v) is 11.8. The molecule has 2 rings (SSSR count). The molecule has 98 valence electrons. The highest BCUT2D eigenvalue weighted by Gasteiger charge is 2.04. The third-order valence-corrected chi connectivity index (χ3v) is 2.93. The Bertz CT molecular complexity index is 582. The van der Waals surface area contributed by atoms with Crippen LogP contribution in [0.4, 0.5) is 5.69 Å². The first-order valence-corrected chi connectivity index (χ1v) is 6.54. The van der Waals surface area contributed by atoms with Crippen LogP contribution in [0.15, 0.2) is 47.6 Å². The van der Waals surface area contributed by atoms with Crippen LogP contribution < -0.4 is 4.74 Å². The fraction of sp³-hybridized carbons (Fsp3) is 0.143. The van der Waals surface area contributed by atoms with Gasteiger partial charge in [0.1, 0.15) is 11.4 Å². The molecule has 2 aromatic rings. The molecule has 1 aromatic heterocycles. The summed E-state index contributed by atoms with van der Waals surface area (Å²) >= 11 is 12.1. The number of hydrogen-bond acceptors (Lipinski definition) is 3. The number of aliphatic imine (C=N–C) groups is 1. The lowest BCUT2D eigenvalue weighted by atomic mass is 10.3. The summed E-state index contributed by atoms with van der Waals surface area (Å²) in [6.45, 7) is 2.52. The van der Waals surface area contributed by atoms with Crippen molar-refractivity contribution in [1.29, 1.82) is 0 Å². The van der Waals surface area contributed by atoms with E-state index in [1.165, 1.54) is 0 Å². The van der Waals surface area contributed by atoms with Crippen LogP contribution in [-0.2, 0) is 0 Å². The minimum Gasteiger partial charge on any atom is -0.492 e. The van der Waals surface area contributed by atoms with Crippen molar-refractivity contribution in [3.05, 3.63) is 53.3 Å². The number of rotatable bonds is 4. The minimum atomic E-state index is 0.288. The summed E-state index contributed by atoms with van der Waals surface area (Å²) in [5.41, 5.74) is 1.19. The van der Waals surface area contributed by atoms with E-state index < -0.39 is 0 Å². The monoisotopic (exact) mass is 294 g/mol. The molecule has 0 spiro atoms. The van der Waals surface area contributed by atoms with Crippen molar-refractivity contribution in [1.82, 2.24) is 4.98 Å². The average Bonchev–Trinajstić information content (AvgIpc) is 2.42. The SMILES string of the molecule is CCOc1ccc(C(Cl)=Nc2ccccc2Cl)nc1. The van der Waals surface area contributed by atoms with Crippen LogP contribution in [0.25, 0.3) is 0 Å². The van der Waals surface area contributed by atoms with E-state index in [1.807, 2.05) is 19.1 Å². The standard InChI is InChI=1S/C14H12Cl2N2O/c1-2-19-10-7-8-13(17-9-10)14(16)18-12-6-4-3-5-11(12)15/h3-9H,2H2,1H3. The highest BCUT2D eigenvalue weighted by Crippen LogP contribution is 2.25. The van der Waals surface area contributed by atoms with Gasteiger partial charge in [0.15, 0.2) is 5.17 Å². The van der Waals surface area contributed by atoms with Crippen LogP contribution in [0.1, 0.15) is 12.6 Å². The highest BCUT2D eigenvalue weighted by atomic mass is 35.5. The Morgan fingerprint density at radius 2 is 2.05 bits per heavy atom. The second kappa shape index (κ2) is 6.55. The lowest BCUT2D eigenvalue weighted by Gasteiger charge is -2.03. The Balaban J connectivity index is 2.24. The molecular weight excluding hydrogens is 283 g/mol. The number of halogens is 2. The zero-order valence-electron chi connectivity index (χ0n) is 10.3. The maximum atomic E-state index is 6.13. The topological polar surface area (TPSA) is 34.5 Å². The summed E-state index contributed by atoms with van der Waals surface area (Å²) in [6, 6.07) is 10.8. The fourth-order valence-electron chi connectivity index (χ4n) is 1.46. The maximum absolute atomic E-state index is 6.13. The van der Waals surface area contributed by atoms with Gasteiger partial charge >= 0.3 is 0 Å². The van der Waals surface area contributed by atoms with Gasteiger partial charge in [0.25, 0.3) is 0 Å². The molecule has 1 heterocycles. The summed E-state index contributed by atoms with van der Waals surface area (Å²) in [5, 5.41) is 0.836.